The zero-order chi connectivity index (χ0) is 13.0. The van der Waals surface area contributed by atoms with E-state index in [9.17, 15) is 0 Å². The van der Waals surface area contributed by atoms with Crippen molar-refractivity contribution in [2.75, 3.05) is 6.61 Å². The van der Waals surface area contributed by atoms with Gasteiger partial charge < -0.3 is 9.84 Å². The molecule has 0 aliphatic heterocycles. The molecule has 1 N–H and O–H groups in total. The van der Waals surface area contributed by atoms with Crippen LogP contribution in [0.5, 0.6) is 0 Å². The lowest BCUT2D eigenvalue weighted by Crippen LogP contribution is -2.30. The van der Waals surface area contributed by atoms with Gasteiger partial charge in [-0.2, -0.15) is 0 Å². The molecule has 0 bridgehead atoms. The van der Waals surface area contributed by atoms with Gasteiger partial charge in [0.05, 0.1) is 18.8 Å². The molecule has 0 aromatic heterocycles. The average Bonchev–Trinajstić information content (AvgIpc) is 1.97. The van der Waals surface area contributed by atoms with Crippen LogP contribution < -0.4 is 0 Å². The van der Waals surface area contributed by atoms with E-state index in [0.717, 1.165) is 12.8 Å². The highest BCUT2D eigenvalue weighted by Crippen LogP contribution is 2.30. The summed E-state index contributed by atoms with van der Waals surface area (Å²) in [5, 5.41) is 9.06. The normalized spacial score (nSPS) is 15.6. The summed E-state index contributed by atoms with van der Waals surface area (Å²) in [6, 6.07) is 0. The Kier molecular flexibility index (Phi) is 5.99. The molecule has 98 valence electrons. The third kappa shape index (κ3) is 9.17. The summed E-state index contributed by atoms with van der Waals surface area (Å²) in [6.45, 7) is 15.4. The van der Waals surface area contributed by atoms with Crippen molar-refractivity contribution in [3.05, 3.63) is 0 Å². The zero-order valence-electron chi connectivity index (χ0n) is 12.1. The molecule has 0 aromatic carbocycles. The Bertz CT molecular complexity index is 170. The molecule has 2 nitrogen and oxygen atoms in total. The van der Waals surface area contributed by atoms with E-state index < -0.39 is 0 Å². The first-order valence-electron chi connectivity index (χ1n) is 6.30. The molecule has 1 atom stereocenters. The first-order chi connectivity index (χ1) is 7.03. The second-order valence-corrected chi connectivity index (χ2v) is 7.28. The van der Waals surface area contributed by atoms with E-state index in [4.69, 9.17) is 9.84 Å². The van der Waals surface area contributed by atoms with Crippen LogP contribution in [0.25, 0.3) is 0 Å². The Balaban J connectivity index is 4.39. The molecule has 0 saturated heterocycles. The number of hydrogen-bond acceptors (Lipinski definition) is 2. The van der Waals surface area contributed by atoms with Gasteiger partial charge in [0, 0.05) is 0 Å². The minimum Gasteiger partial charge on any atom is -0.394 e. The van der Waals surface area contributed by atoms with Gasteiger partial charge >= 0.3 is 0 Å². The van der Waals surface area contributed by atoms with E-state index >= 15 is 0 Å². The predicted molar refractivity (Wildman–Crippen MR) is 69.6 cm³/mol. The third-order valence-electron chi connectivity index (χ3n) is 2.36. The highest BCUT2D eigenvalue weighted by molar-refractivity contribution is 4.76. The quantitative estimate of drug-likeness (QED) is 0.781. The Morgan fingerprint density at radius 1 is 0.938 bits per heavy atom. The van der Waals surface area contributed by atoms with Crippen molar-refractivity contribution in [1.29, 1.82) is 0 Å². The van der Waals surface area contributed by atoms with Gasteiger partial charge in [-0.05, 0) is 30.6 Å². The molecule has 0 rings (SSSR count). The van der Waals surface area contributed by atoms with Gasteiger partial charge in [0.1, 0.15) is 0 Å². The highest BCUT2D eigenvalue weighted by atomic mass is 16.5. The second kappa shape index (κ2) is 6.02. The van der Waals surface area contributed by atoms with Crippen LogP contribution in [0.1, 0.15) is 61.3 Å². The molecule has 0 fully saturated rings. The van der Waals surface area contributed by atoms with Crippen molar-refractivity contribution in [3.63, 3.8) is 0 Å². The van der Waals surface area contributed by atoms with E-state index in [1.54, 1.807) is 0 Å². The largest absolute Gasteiger partial charge is 0.394 e. The Labute approximate surface area is 101 Å². The summed E-state index contributed by atoms with van der Waals surface area (Å²) in [5.74, 6) is 0. The lowest BCUT2D eigenvalue weighted by atomic mass is 9.82. The van der Waals surface area contributed by atoms with Gasteiger partial charge in [0.2, 0.25) is 0 Å². The summed E-state index contributed by atoms with van der Waals surface area (Å²) in [7, 11) is 0. The first-order valence-corrected chi connectivity index (χ1v) is 6.30. The number of aliphatic hydroxyl groups is 1. The van der Waals surface area contributed by atoms with Gasteiger partial charge in [0.25, 0.3) is 0 Å². The topological polar surface area (TPSA) is 29.5 Å². The summed E-state index contributed by atoms with van der Waals surface area (Å²) in [4.78, 5) is 0. The van der Waals surface area contributed by atoms with Crippen LogP contribution in [-0.4, -0.2) is 23.9 Å². The number of aliphatic hydroxyl groups excluding tert-OH is 1. The standard InChI is InChI=1S/C14H30O2/c1-11(10-15)16-12(8-13(2,3)4)9-14(5,6)7/h11-12,15H,8-10H2,1-7H3/t11-/m0/s1. The molecule has 0 amide bonds. The van der Waals surface area contributed by atoms with Gasteiger partial charge in [0.15, 0.2) is 0 Å². The van der Waals surface area contributed by atoms with E-state index in [-0.39, 0.29) is 29.6 Å². The fourth-order valence-electron chi connectivity index (χ4n) is 1.91. The maximum Gasteiger partial charge on any atom is 0.0781 e. The highest BCUT2D eigenvalue weighted by Gasteiger charge is 2.25. The molecule has 0 aromatic rings. The van der Waals surface area contributed by atoms with E-state index in [2.05, 4.69) is 41.5 Å². The maximum absolute atomic E-state index is 9.06. The van der Waals surface area contributed by atoms with E-state index in [1.165, 1.54) is 0 Å². The van der Waals surface area contributed by atoms with Crippen molar-refractivity contribution >= 4 is 0 Å². The van der Waals surface area contributed by atoms with Gasteiger partial charge in [-0.15, -0.1) is 0 Å². The number of hydrogen-bond donors (Lipinski definition) is 1. The fourth-order valence-corrected chi connectivity index (χ4v) is 1.91. The van der Waals surface area contributed by atoms with Gasteiger partial charge in [-0.3, -0.25) is 0 Å². The Morgan fingerprint density at radius 3 is 1.56 bits per heavy atom. The van der Waals surface area contributed by atoms with E-state index in [0.29, 0.717) is 0 Å². The predicted octanol–water partition coefficient (Wildman–Crippen LogP) is 3.62. The molecular formula is C14H30O2. The van der Waals surface area contributed by atoms with Crippen molar-refractivity contribution < 1.29 is 9.84 Å². The van der Waals surface area contributed by atoms with Crippen molar-refractivity contribution in [1.82, 2.24) is 0 Å². The molecule has 0 unspecified atom stereocenters. The summed E-state index contributed by atoms with van der Waals surface area (Å²) < 4.78 is 5.90. The zero-order valence-corrected chi connectivity index (χ0v) is 12.1. The number of ether oxygens (including phenoxy) is 1. The maximum atomic E-state index is 9.06. The SMILES string of the molecule is C[C@@H](CO)OC(CC(C)(C)C)CC(C)(C)C. The molecule has 0 aliphatic carbocycles. The third-order valence-corrected chi connectivity index (χ3v) is 2.36. The average molecular weight is 230 g/mol. The lowest BCUT2D eigenvalue weighted by molar-refractivity contribution is -0.0599. The van der Waals surface area contributed by atoms with Crippen LogP contribution >= 0.6 is 0 Å². The molecule has 0 radical (unpaired) electrons. The molecule has 0 heterocycles. The Hall–Kier alpha value is -0.0800. The minimum absolute atomic E-state index is 0.0605. The van der Waals surface area contributed by atoms with Crippen LogP contribution in [0.3, 0.4) is 0 Å². The minimum atomic E-state index is -0.0605. The molecule has 2 heteroatoms. The van der Waals surface area contributed by atoms with Crippen molar-refractivity contribution in [2.45, 2.75) is 73.5 Å². The molecular weight excluding hydrogens is 200 g/mol. The molecule has 0 saturated carbocycles. The molecule has 16 heavy (non-hydrogen) atoms. The number of rotatable bonds is 5. The summed E-state index contributed by atoms with van der Waals surface area (Å²) in [6.07, 6.45) is 2.25. The van der Waals surface area contributed by atoms with Crippen LogP contribution in [-0.2, 0) is 4.74 Å². The van der Waals surface area contributed by atoms with Crippen molar-refractivity contribution in [3.8, 4) is 0 Å². The lowest BCUT2D eigenvalue weighted by Gasteiger charge is -2.32. The van der Waals surface area contributed by atoms with Crippen molar-refractivity contribution in [2.24, 2.45) is 10.8 Å². The molecule has 0 spiro atoms. The summed E-state index contributed by atoms with van der Waals surface area (Å²) >= 11 is 0. The Morgan fingerprint density at radius 2 is 1.31 bits per heavy atom. The van der Waals surface area contributed by atoms with Crippen LogP contribution in [0, 0.1) is 10.8 Å². The second-order valence-electron chi connectivity index (χ2n) is 7.28. The van der Waals surface area contributed by atoms with Crippen LogP contribution in [0.2, 0.25) is 0 Å². The smallest absolute Gasteiger partial charge is 0.0781 e. The van der Waals surface area contributed by atoms with Gasteiger partial charge in [-0.25, -0.2) is 0 Å². The fraction of sp³-hybridized carbons (Fsp3) is 1.00. The first kappa shape index (κ1) is 15.9. The monoisotopic (exact) mass is 230 g/mol. The van der Waals surface area contributed by atoms with Crippen LogP contribution in [0.4, 0.5) is 0 Å². The molecule has 0 aliphatic rings. The van der Waals surface area contributed by atoms with E-state index in [1.807, 2.05) is 6.92 Å². The summed E-state index contributed by atoms with van der Waals surface area (Å²) in [5.41, 5.74) is 0.538. The van der Waals surface area contributed by atoms with Crippen LogP contribution in [0.15, 0.2) is 0 Å². The van der Waals surface area contributed by atoms with Gasteiger partial charge in [-0.1, -0.05) is 41.5 Å².